The van der Waals surface area contributed by atoms with E-state index in [0.29, 0.717) is 0 Å². The maximum absolute atomic E-state index is 10.8. The van der Waals surface area contributed by atoms with Crippen LogP contribution in [0.5, 0.6) is 0 Å². The van der Waals surface area contributed by atoms with E-state index in [-0.39, 0.29) is 5.69 Å². The van der Waals surface area contributed by atoms with Crippen molar-refractivity contribution in [2.75, 3.05) is 11.9 Å². The third kappa shape index (κ3) is 3.25. The molecule has 0 fully saturated rings. The average Bonchev–Trinajstić information content (AvgIpc) is 2.91. The summed E-state index contributed by atoms with van der Waals surface area (Å²) in [6.45, 7) is 0.742. The number of aromatic nitrogens is 1. The van der Waals surface area contributed by atoms with Gasteiger partial charge in [-0.15, -0.1) is 0 Å². The van der Waals surface area contributed by atoms with Crippen LogP contribution in [0.1, 0.15) is 5.56 Å². The van der Waals surface area contributed by atoms with Crippen LogP contribution >= 0.6 is 11.3 Å². The standard InChI is InChI=1S/C15H12BN3O2S/c16-11-3-1-10(2-4-11)7-8-17-15-18-13-6-5-12(19(20)21)9-14(13)22-15/h1-6,9H,7-8H2,(H,17,18). The molecule has 0 bridgehead atoms. The van der Waals surface area contributed by atoms with E-state index < -0.39 is 4.92 Å². The zero-order valence-corrected chi connectivity index (χ0v) is 12.5. The maximum atomic E-state index is 10.8. The van der Waals surface area contributed by atoms with E-state index in [1.807, 2.05) is 24.3 Å². The van der Waals surface area contributed by atoms with Crippen molar-refractivity contribution < 1.29 is 4.92 Å². The quantitative estimate of drug-likeness (QED) is 0.447. The molecule has 1 heterocycles. The molecule has 0 aliphatic rings. The van der Waals surface area contributed by atoms with Gasteiger partial charge in [-0.3, -0.25) is 10.1 Å². The van der Waals surface area contributed by atoms with Crippen LogP contribution in [0.2, 0.25) is 0 Å². The molecule has 0 atom stereocenters. The Morgan fingerprint density at radius 2 is 2.00 bits per heavy atom. The lowest BCUT2D eigenvalue weighted by Crippen LogP contribution is -2.06. The second kappa shape index (κ2) is 6.15. The highest BCUT2D eigenvalue weighted by Gasteiger charge is 2.09. The van der Waals surface area contributed by atoms with Gasteiger partial charge in [0.2, 0.25) is 0 Å². The molecule has 2 radical (unpaired) electrons. The minimum atomic E-state index is -0.395. The van der Waals surface area contributed by atoms with Gasteiger partial charge in [0.05, 0.1) is 15.1 Å². The molecule has 0 saturated carbocycles. The van der Waals surface area contributed by atoms with Crippen molar-refractivity contribution in [3.8, 4) is 0 Å². The van der Waals surface area contributed by atoms with Crippen LogP contribution in [0.25, 0.3) is 10.2 Å². The number of fused-ring (bicyclic) bond motifs is 1. The SMILES string of the molecule is [B]c1ccc(CCNc2nc3ccc([N+](=O)[O-])cc3s2)cc1. The fourth-order valence-corrected chi connectivity index (χ4v) is 3.03. The van der Waals surface area contributed by atoms with Gasteiger partial charge in [-0.1, -0.05) is 41.1 Å². The van der Waals surface area contributed by atoms with Crippen molar-refractivity contribution in [2.24, 2.45) is 0 Å². The molecule has 0 aliphatic carbocycles. The number of nitrogens with one attached hydrogen (secondary N) is 1. The number of benzene rings is 2. The number of non-ortho nitro benzene ring substituents is 1. The number of nitro benzene ring substituents is 1. The Bertz CT molecular complexity index is 817. The Kier molecular flexibility index (Phi) is 4.06. The molecule has 108 valence electrons. The van der Waals surface area contributed by atoms with Crippen LogP contribution in [-0.4, -0.2) is 24.3 Å². The second-order valence-electron chi connectivity index (χ2n) is 4.85. The largest absolute Gasteiger partial charge is 0.361 e. The highest BCUT2D eigenvalue weighted by molar-refractivity contribution is 7.22. The van der Waals surface area contributed by atoms with Crippen LogP contribution in [0.3, 0.4) is 0 Å². The summed E-state index contributed by atoms with van der Waals surface area (Å²) < 4.78 is 0.809. The van der Waals surface area contributed by atoms with Gasteiger partial charge in [0, 0.05) is 18.7 Å². The summed E-state index contributed by atoms with van der Waals surface area (Å²) in [6, 6.07) is 12.5. The first kappa shape index (κ1) is 14.5. The van der Waals surface area contributed by atoms with Crippen LogP contribution in [0.4, 0.5) is 10.8 Å². The second-order valence-corrected chi connectivity index (χ2v) is 5.88. The van der Waals surface area contributed by atoms with Crippen molar-refractivity contribution in [1.82, 2.24) is 4.98 Å². The van der Waals surface area contributed by atoms with Gasteiger partial charge in [-0.05, 0) is 18.1 Å². The van der Waals surface area contributed by atoms with Crippen molar-refractivity contribution in [3.63, 3.8) is 0 Å². The highest BCUT2D eigenvalue weighted by atomic mass is 32.1. The van der Waals surface area contributed by atoms with E-state index >= 15 is 0 Å². The van der Waals surface area contributed by atoms with Gasteiger partial charge in [-0.25, -0.2) is 4.98 Å². The molecule has 22 heavy (non-hydrogen) atoms. The summed E-state index contributed by atoms with van der Waals surface area (Å²) in [5.41, 5.74) is 2.80. The van der Waals surface area contributed by atoms with Gasteiger partial charge in [-0.2, -0.15) is 0 Å². The van der Waals surface area contributed by atoms with Gasteiger partial charge in [0.25, 0.3) is 5.69 Å². The molecule has 2 aromatic carbocycles. The third-order valence-electron chi connectivity index (χ3n) is 3.25. The van der Waals surface area contributed by atoms with Crippen LogP contribution in [0, 0.1) is 10.1 Å². The molecule has 0 amide bonds. The lowest BCUT2D eigenvalue weighted by molar-refractivity contribution is -0.384. The zero-order chi connectivity index (χ0) is 15.5. The Morgan fingerprint density at radius 1 is 1.23 bits per heavy atom. The molecular weight excluding hydrogens is 297 g/mol. The lowest BCUT2D eigenvalue weighted by atomic mass is 9.95. The van der Waals surface area contributed by atoms with Crippen molar-refractivity contribution >= 4 is 45.7 Å². The summed E-state index contributed by atoms with van der Waals surface area (Å²) in [6.07, 6.45) is 0.857. The summed E-state index contributed by atoms with van der Waals surface area (Å²) in [5, 5.41) is 14.8. The summed E-state index contributed by atoms with van der Waals surface area (Å²) >= 11 is 1.42. The van der Waals surface area contributed by atoms with E-state index in [9.17, 15) is 10.1 Å². The minimum Gasteiger partial charge on any atom is -0.361 e. The van der Waals surface area contributed by atoms with E-state index in [1.54, 1.807) is 12.1 Å². The molecule has 1 aromatic heterocycles. The molecule has 7 heteroatoms. The summed E-state index contributed by atoms with van der Waals surface area (Å²) in [5.74, 6) is 0. The topological polar surface area (TPSA) is 68.1 Å². The van der Waals surface area contributed by atoms with Gasteiger partial charge < -0.3 is 5.32 Å². The first-order valence-electron chi connectivity index (χ1n) is 6.75. The van der Waals surface area contributed by atoms with Crippen molar-refractivity contribution in [3.05, 3.63) is 58.1 Å². The van der Waals surface area contributed by atoms with E-state index in [0.717, 1.165) is 33.8 Å². The minimum absolute atomic E-state index is 0.0876. The van der Waals surface area contributed by atoms with Gasteiger partial charge >= 0.3 is 0 Å². The number of hydrogen-bond acceptors (Lipinski definition) is 5. The maximum Gasteiger partial charge on any atom is 0.270 e. The highest BCUT2D eigenvalue weighted by Crippen LogP contribution is 2.29. The number of rotatable bonds is 5. The van der Waals surface area contributed by atoms with E-state index in [4.69, 9.17) is 7.85 Å². The molecule has 0 saturated heterocycles. The Hall–Kier alpha value is -2.41. The first-order valence-corrected chi connectivity index (χ1v) is 7.57. The number of nitro groups is 1. The Labute approximate surface area is 132 Å². The van der Waals surface area contributed by atoms with Gasteiger partial charge in [0.1, 0.15) is 7.85 Å². The molecule has 1 N–H and O–H groups in total. The fraction of sp³-hybridized carbons (Fsp3) is 0.133. The molecule has 5 nitrogen and oxygen atoms in total. The molecule has 0 unspecified atom stereocenters. The average molecular weight is 309 g/mol. The Balaban J connectivity index is 1.66. The molecular formula is C15H12BN3O2S. The number of thiazole rings is 1. The van der Waals surface area contributed by atoms with Crippen molar-refractivity contribution in [1.29, 1.82) is 0 Å². The third-order valence-corrected chi connectivity index (χ3v) is 4.23. The zero-order valence-electron chi connectivity index (χ0n) is 11.7. The lowest BCUT2D eigenvalue weighted by Gasteiger charge is -2.03. The van der Waals surface area contributed by atoms with Crippen molar-refractivity contribution in [2.45, 2.75) is 6.42 Å². The number of nitrogens with zero attached hydrogens (tertiary/aromatic N) is 2. The van der Waals surface area contributed by atoms with E-state index in [2.05, 4.69) is 10.3 Å². The normalized spacial score (nSPS) is 10.7. The van der Waals surface area contributed by atoms with Crippen LogP contribution < -0.4 is 10.8 Å². The van der Waals surface area contributed by atoms with Gasteiger partial charge in [0.15, 0.2) is 5.13 Å². The first-order chi connectivity index (χ1) is 10.6. The molecule has 0 spiro atoms. The van der Waals surface area contributed by atoms with Crippen LogP contribution in [0.15, 0.2) is 42.5 Å². The van der Waals surface area contributed by atoms with E-state index in [1.165, 1.54) is 23.0 Å². The summed E-state index contributed by atoms with van der Waals surface area (Å²) in [4.78, 5) is 14.8. The molecule has 3 aromatic rings. The predicted octanol–water partition coefficient (Wildman–Crippen LogP) is 2.65. The fourth-order valence-electron chi connectivity index (χ4n) is 2.10. The molecule has 3 rings (SSSR count). The Morgan fingerprint density at radius 3 is 2.73 bits per heavy atom. The van der Waals surface area contributed by atoms with Crippen LogP contribution in [-0.2, 0) is 6.42 Å². The number of anilines is 1. The number of hydrogen-bond donors (Lipinski definition) is 1. The predicted molar refractivity (Wildman–Crippen MR) is 90.3 cm³/mol. The molecule has 0 aliphatic heterocycles. The smallest absolute Gasteiger partial charge is 0.270 e. The summed E-state index contributed by atoms with van der Waals surface area (Å²) in [7, 11) is 5.65. The monoisotopic (exact) mass is 309 g/mol.